The predicted octanol–water partition coefficient (Wildman–Crippen LogP) is 3.48. The van der Waals surface area contributed by atoms with Crippen molar-refractivity contribution in [1.29, 1.82) is 0 Å². The Hall–Kier alpha value is -2.81. The van der Waals surface area contributed by atoms with Crippen molar-refractivity contribution in [2.24, 2.45) is 11.8 Å². The molecular weight excluding hydrogens is 661 g/mol. The molecule has 0 aromatic heterocycles. The summed E-state index contributed by atoms with van der Waals surface area (Å²) < 4.78 is 38.1. The van der Waals surface area contributed by atoms with Crippen molar-refractivity contribution >= 4 is 57.2 Å². The Morgan fingerprint density at radius 3 is 2.20 bits per heavy atom. The number of benzene rings is 1. The van der Waals surface area contributed by atoms with E-state index in [1.807, 2.05) is 0 Å². The second-order valence-corrected chi connectivity index (χ2v) is 14.9. The summed E-state index contributed by atoms with van der Waals surface area (Å²) in [6.45, 7) is 4.83. The van der Waals surface area contributed by atoms with Crippen LogP contribution in [-0.2, 0) is 29.1 Å². The van der Waals surface area contributed by atoms with Crippen LogP contribution in [0.2, 0.25) is 10.0 Å². The maximum Gasteiger partial charge on any atom is 0.409 e. The van der Waals surface area contributed by atoms with E-state index in [0.717, 1.165) is 56.6 Å². The first-order valence-electron chi connectivity index (χ1n) is 15.7. The van der Waals surface area contributed by atoms with Gasteiger partial charge in [-0.3, -0.25) is 4.79 Å². The number of nitrogens with zero attached hydrogens (tertiary/aromatic N) is 3. The molecule has 2 N–H and O–H groups in total. The van der Waals surface area contributed by atoms with Gasteiger partial charge in [-0.25, -0.2) is 22.8 Å². The molecule has 3 saturated heterocycles. The molecule has 0 radical (unpaired) electrons. The Balaban J connectivity index is 1.24. The number of methoxy groups -OCH3 is 1. The Kier molecular flexibility index (Phi) is 12.8. The van der Waals surface area contributed by atoms with Gasteiger partial charge in [0.25, 0.3) is 0 Å². The van der Waals surface area contributed by atoms with Crippen LogP contribution in [0.5, 0.6) is 0 Å². The number of amides is 4. The van der Waals surface area contributed by atoms with Crippen LogP contribution in [0.25, 0.3) is 0 Å². The van der Waals surface area contributed by atoms with Gasteiger partial charge in [-0.05, 0) is 75.0 Å². The third kappa shape index (κ3) is 9.39. The third-order valence-electron chi connectivity index (χ3n) is 8.90. The van der Waals surface area contributed by atoms with Crippen LogP contribution in [0.15, 0.2) is 23.1 Å². The van der Waals surface area contributed by atoms with E-state index in [0.29, 0.717) is 38.0 Å². The van der Waals surface area contributed by atoms with Crippen LogP contribution in [0.3, 0.4) is 0 Å². The highest BCUT2D eigenvalue weighted by Crippen LogP contribution is 2.30. The molecule has 1 aromatic rings. The molecule has 4 amide bonds. The highest BCUT2D eigenvalue weighted by atomic mass is 35.5. The molecule has 4 rings (SSSR count). The number of ether oxygens (including phenoxy) is 2. The van der Waals surface area contributed by atoms with Crippen molar-refractivity contribution in [2.45, 2.75) is 68.8 Å². The average molecular weight is 705 g/mol. The number of esters is 1. The minimum atomic E-state index is -4.12. The minimum Gasteiger partial charge on any atom is -0.467 e. The SMILES string of the molecule is COC(=O)[C@H](CNC(=O)N1CCC(CCOC(=O)N2CCC(C)CC2)CC1)NC(=O)C1CCCN1S(=O)(=O)c1cc(Cl)cc(Cl)c1. The number of urea groups is 1. The summed E-state index contributed by atoms with van der Waals surface area (Å²) in [5.41, 5.74) is 0. The molecule has 3 fully saturated rings. The van der Waals surface area contributed by atoms with E-state index < -0.39 is 40.0 Å². The van der Waals surface area contributed by atoms with E-state index in [1.165, 1.54) is 18.2 Å². The summed E-state index contributed by atoms with van der Waals surface area (Å²) in [5.74, 6) is -0.522. The molecule has 3 heterocycles. The molecule has 46 heavy (non-hydrogen) atoms. The summed E-state index contributed by atoms with van der Waals surface area (Å²) >= 11 is 12.0. The molecular formula is C30H43Cl2N5O8S. The largest absolute Gasteiger partial charge is 0.467 e. The van der Waals surface area contributed by atoms with E-state index in [2.05, 4.69) is 17.6 Å². The number of halogens is 2. The van der Waals surface area contributed by atoms with E-state index >= 15 is 0 Å². The summed E-state index contributed by atoms with van der Waals surface area (Å²) in [6.07, 6.45) is 4.61. The van der Waals surface area contributed by atoms with Crippen LogP contribution >= 0.6 is 23.2 Å². The number of carbonyl (C=O) groups excluding carboxylic acids is 4. The van der Waals surface area contributed by atoms with Crippen molar-refractivity contribution in [2.75, 3.05) is 53.0 Å². The Morgan fingerprint density at radius 2 is 1.57 bits per heavy atom. The van der Waals surface area contributed by atoms with Gasteiger partial charge >= 0.3 is 18.1 Å². The first kappa shape index (κ1) is 36.0. The van der Waals surface area contributed by atoms with Crippen LogP contribution in [0.1, 0.15) is 51.9 Å². The van der Waals surface area contributed by atoms with Crippen LogP contribution in [0, 0.1) is 11.8 Å². The number of nitrogens with one attached hydrogen (secondary N) is 2. The number of hydrogen-bond acceptors (Lipinski definition) is 8. The lowest BCUT2D eigenvalue weighted by Crippen LogP contribution is -2.55. The number of sulfonamides is 1. The fourth-order valence-electron chi connectivity index (χ4n) is 6.03. The van der Waals surface area contributed by atoms with Gasteiger partial charge < -0.3 is 29.9 Å². The van der Waals surface area contributed by atoms with Gasteiger partial charge in [-0.1, -0.05) is 30.1 Å². The molecule has 1 aromatic carbocycles. The fourth-order valence-corrected chi connectivity index (χ4v) is 8.41. The predicted molar refractivity (Wildman–Crippen MR) is 171 cm³/mol. The zero-order valence-corrected chi connectivity index (χ0v) is 28.5. The van der Waals surface area contributed by atoms with Crippen molar-refractivity contribution in [3.05, 3.63) is 28.2 Å². The third-order valence-corrected chi connectivity index (χ3v) is 11.2. The summed E-state index contributed by atoms with van der Waals surface area (Å²) in [5, 5.41) is 5.53. The monoisotopic (exact) mass is 703 g/mol. The van der Waals surface area contributed by atoms with Gasteiger partial charge in [-0.15, -0.1) is 0 Å². The minimum absolute atomic E-state index is 0.0976. The number of piperidine rings is 2. The van der Waals surface area contributed by atoms with Crippen LogP contribution in [-0.4, -0.2) is 112 Å². The molecule has 0 saturated carbocycles. The molecule has 256 valence electrons. The van der Waals surface area contributed by atoms with E-state index in [1.54, 1.807) is 9.80 Å². The average Bonchev–Trinajstić information content (AvgIpc) is 3.54. The van der Waals surface area contributed by atoms with Gasteiger partial charge in [0.2, 0.25) is 15.9 Å². The molecule has 16 heteroatoms. The van der Waals surface area contributed by atoms with Crippen molar-refractivity contribution < 1.29 is 37.1 Å². The maximum atomic E-state index is 13.4. The summed E-state index contributed by atoms with van der Waals surface area (Å²) in [6, 6.07) is 1.23. The van der Waals surface area contributed by atoms with Gasteiger partial charge in [-0.2, -0.15) is 4.31 Å². The quantitative estimate of drug-likeness (QED) is 0.351. The van der Waals surface area contributed by atoms with Crippen molar-refractivity contribution in [3.8, 4) is 0 Å². The first-order chi connectivity index (χ1) is 21.9. The molecule has 3 aliphatic heterocycles. The lowest BCUT2D eigenvalue weighted by molar-refractivity contribution is -0.145. The molecule has 1 unspecified atom stereocenters. The molecule has 3 aliphatic rings. The van der Waals surface area contributed by atoms with Gasteiger partial charge in [0.05, 0.1) is 25.2 Å². The standard InChI is InChI=1S/C30H43Cl2N5O8S/c1-20-5-11-36(12-6-20)30(41)45-15-9-21-7-13-35(14-8-21)29(40)33-19-25(28(39)44-2)34-27(38)26-4-3-10-37(26)46(42,43)24-17-22(31)16-23(32)18-24/h16-18,20-21,25-26H,3-15,19H2,1-2H3,(H,33,40)(H,34,38)/t25-,26?/m0/s1. The number of carbonyl (C=O) groups is 4. The van der Waals surface area contributed by atoms with Crippen molar-refractivity contribution in [1.82, 2.24) is 24.7 Å². The Morgan fingerprint density at radius 1 is 0.935 bits per heavy atom. The second kappa shape index (κ2) is 16.3. The lowest BCUT2D eigenvalue weighted by Gasteiger charge is -2.33. The first-order valence-corrected chi connectivity index (χ1v) is 17.9. The maximum absolute atomic E-state index is 13.4. The lowest BCUT2D eigenvalue weighted by atomic mass is 9.94. The van der Waals surface area contributed by atoms with Crippen LogP contribution in [0.4, 0.5) is 9.59 Å². The highest BCUT2D eigenvalue weighted by Gasteiger charge is 2.41. The van der Waals surface area contributed by atoms with Crippen LogP contribution < -0.4 is 10.6 Å². The fraction of sp³-hybridized carbons (Fsp3) is 0.667. The van der Waals surface area contributed by atoms with Gasteiger partial charge in [0, 0.05) is 42.8 Å². The zero-order chi connectivity index (χ0) is 33.4. The number of rotatable bonds is 10. The normalized spacial score (nSPS) is 20.7. The molecule has 13 nitrogen and oxygen atoms in total. The summed E-state index contributed by atoms with van der Waals surface area (Å²) in [4.78, 5) is 54.3. The second-order valence-electron chi connectivity index (χ2n) is 12.2. The number of likely N-dealkylation sites (tertiary alicyclic amines) is 2. The van der Waals surface area contributed by atoms with E-state index in [9.17, 15) is 27.6 Å². The number of hydrogen-bond donors (Lipinski definition) is 2. The van der Waals surface area contributed by atoms with Gasteiger partial charge in [0.1, 0.15) is 12.1 Å². The smallest absolute Gasteiger partial charge is 0.409 e. The summed E-state index contributed by atoms with van der Waals surface area (Å²) in [7, 11) is -2.96. The topological polar surface area (TPSA) is 155 Å². The van der Waals surface area contributed by atoms with E-state index in [-0.39, 0.29) is 40.5 Å². The molecule has 0 spiro atoms. The molecule has 2 atom stereocenters. The van der Waals surface area contributed by atoms with E-state index in [4.69, 9.17) is 32.7 Å². The molecule has 0 bridgehead atoms. The highest BCUT2D eigenvalue weighted by molar-refractivity contribution is 7.89. The van der Waals surface area contributed by atoms with Gasteiger partial charge in [0.15, 0.2) is 0 Å². The Labute approximate surface area is 280 Å². The Bertz CT molecular complexity index is 1350. The van der Waals surface area contributed by atoms with Crippen molar-refractivity contribution in [3.63, 3.8) is 0 Å². The molecule has 0 aliphatic carbocycles. The zero-order valence-electron chi connectivity index (χ0n) is 26.2.